The van der Waals surface area contributed by atoms with E-state index in [0.29, 0.717) is 0 Å². The first-order chi connectivity index (χ1) is 6.45. The largest absolute Gasteiger partial charge is 0.0616 e. The summed E-state index contributed by atoms with van der Waals surface area (Å²) in [5.41, 5.74) is 1.50. The van der Waals surface area contributed by atoms with Crippen LogP contribution >= 0.6 is 0 Å². The average molecular weight is 167 g/mol. The van der Waals surface area contributed by atoms with Gasteiger partial charge >= 0.3 is 0 Å². The van der Waals surface area contributed by atoms with E-state index in [0.717, 1.165) is 5.92 Å². The van der Waals surface area contributed by atoms with Gasteiger partial charge in [-0.1, -0.05) is 42.5 Å². The van der Waals surface area contributed by atoms with Crippen molar-refractivity contribution < 1.29 is 0 Å². The van der Waals surface area contributed by atoms with Gasteiger partial charge in [0.2, 0.25) is 0 Å². The summed E-state index contributed by atoms with van der Waals surface area (Å²) in [5.74, 6) is 0.728. The van der Waals surface area contributed by atoms with Crippen molar-refractivity contribution in [3.05, 3.63) is 54.4 Å². The first kappa shape index (κ1) is 7.14. The first-order valence-electron chi connectivity index (χ1n) is 4.76. The molecule has 1 aliphatic carbocycles. The van der Waals surface area contributed by atoms with Crippen LogP contribution in [0.3, 0.4) is 0 Å². The molecule has 1 radical (unpaired) electrons. The van der Waals surface area contributed by atoms with Gasteiger partial charge in [0.15, 0.2) is 0 Å². The Hall–Kier alpha value is -1.30. The minimum Gasteiger partial charge on any atom is -0.0616 e. The Bertz CT molecular complexity index is 433. The van der Waals surface area contributed by atoms with E-state index in [-0.39, 0.29) is 0 Å². The standard InChI is InChI=1S/C13H11/c1-2-6-12-10(4-1)5-3-7-13(12)11-8-9-11/h1-8,11H,9H2. The summed E-state index contributed by atoms with van der Waals surface area (Å²) in [6, 6.07) is 15.2. The Kier molecular flexibility index (Phi) is 1.42. The molecule has 0 nitrogen and oxygen atoms in total. The van der Waals surface area contributed by atoms with Gasteiger partial charge in [0.05, 0.1) is 0 Å². The van der Waals surface area contributed by atoms with Gasteiger partial charge < -0.3 is 0 Å². The molecule has 13 heavy (non-hydrogen) atoms. The smallest absolute Gasteiger partial charge is 0.0121 e. The third-order valence-corrected chi connectivity index (χ3v) is 2.69. The molecule has 0 aromatic heterocycles. The second-order valence-corrected chi connectivity index (χ2v) is 3.65. The minimum atomic E-state index is 0.728. The van der Waals surface area contributed by atoms with Crippen LogP contribution in [0.2, 0.25) is 0 Å². The monoisotopic (exact) mass is 167 g/mol. The molecule has 0 saturated heterocycles. The van der Waals surface area contributed by atoms with Crippen LogP contribution in [0.5, 0.6) is 0 Å². The molecule has 0 spiro atoms. The highest BCUT2D eigenvalue weighted by molar-refractivity contribution is 5.86. The fraction of sp³-hybridized carbons (Fsp3) is 0.154. The first-order valence-corrected chi connectivity index (χ1v) is 4.76. The third-order valence-electron chi connectivity index (χ3n) is 2.69. The number of fused-ring (bicyclic) bond motifs is 1. The molecule has 0 heterocycles. The maximum absolute atomic E-state index is 2.36. The quantitative estimate of drug-likeness (QED) is 0.609. The fourth-order valence-corrected chi connectivity index (χ4v) is 1.90. The zero-order chi connectivity index (χ0) is 8.67. The van der Waals surface area contributed by atoms with Crippen molar-refractivity contribution in [3.8, 4) is 0 Å². The van der Waals surface area contributed by atoms with E-state index in [4.69, 9.17) is 0 Å². The number of benzene rings is 2. The molecule has 0 heteroatoms. The summed E-state index contributed by atoms with van der Waals surface area (Å²) in [6.07, 6.45) is 3.62. The van der Waals surface area contributed by atoms with Gasteiger partial charge in [0, 0.05) is 0 Å². The zero-order valence-corrected chi connectivity index (χ0v) is 7.40. The summed E-state index contributed by atoms with van der Waals surface area (Å²) in [7, 11) is 0. The van der Waals surface area contributed by atoms with E-state index in [9.17, 15) is 0 Å². The van der Waals surface area contributed by atoms with Crippen LogP contribution in [-0.2, 0) is 0 Å². The molecule has 0 aliphatic heterocycles. The molecule has 1 unspecified atom stereocenters. The lowest BCUT2D eigenvalue weighted by atomic mass is 10.0. The van der Waals surface area contributed by atoms with Crippen molar-refractivity contribution >= 4 is 10.8 Å². The molecule has 1 fully saturated rings. The highest BCUT2D eigenvalue weighted by atomic mass is 14.3. The van der Waals surface area contributed by atoms with Crippen molar-refractivity contribution in [1.29, 1.82) is 0 Å². The van der Waals surface area contributed by atoms with Crippen LogP contribution in [0.15, 0.2) is 42.5 Å². The summed E-state index contributed by atoms with van der Waals surface area (Å²) >= 11 is 0. The van der Waals surface area contributed by atoms with Gasteiger partial charge in [-0.25, -0.2) is 0 Å². The van der Waals surface area contributed by atoms with Crippen molar-refractivity contribution in [2.75, 3.05) is 0 Å². The maximum Gasteiger partial charge on any atom is -0.0121 e. The second-order valence-electron chi connectivity index (χ2n) is 3.65. The summed E-state index contributed by atoms with van der Waals surface area (Å²) < 4.78 is 0. The molecule has 1 aliphatic rings. The predicted molar refractivity (Wildman–Crippen MR) is 55.6 cm³/mol. The lowest BCUT2D eigenvalue weighted by Gasteiger charge is -2.03. The lowest BCUT2D eigenvalue weighted by molar-refractivity contribution is 1.18. The van der Waals surface area contributed by atoms with Crippen LogP contribution in [-0.4, -0.2) is 0 Å². The van der Waals surface area contributed by atoms with Gasteiger partial charge in [-0.3, -0.25) is 0 Å². The molecule has 2 aromatic rings. The van der Waals surface area contributed by atoms with Crippen LogP contribution in [0, 0.1) is 6.42 Å². The SMILES string of the molecule is [CH]1CC1c1cccc2ccccc12. The molecular weight excluding hydrogens is 156 g/mol. The number of hydrogen-bond donors (Lipinski definition) is 0. The van der Waals surface area contributed by atoms with E-state index in [1.807, 2.05) is 0 Å². The highest BCUT2D eigenvalue weighted by Crippen LogP contribution is 2.41. The Labute approximate surface area is 78.2 Å². The third kappa shape index (κ3) is 1.14. The van der Waals surface area contributed by atoms with Gasteiger partial charge in [-0.05, 0) is 35.1 Å². The minimum absolute atomic E-state index is 0.728. The summed E-state index contributed by atoms with van der Waals surface area (Å²) in [6.45, 7) is 0. The molecule has 3 rings (SSSR count). The van der Waals surface area contributed by atoms with Crippen LogP contribution in [0.4, 0.5) is 0 Å². The maximum atomic E-state index is 2.36. The molecule has 63 valence electrons. The van der Waals surface area contributed by atoms with Crippen molar-refractivity contribution in [1.82, 2.24) is 0 Å². The Balaban J connectivity index is 2.32. The molecule has 1 atom stereocenters. The van der Waals surface area contributed by atoms with E-state index < -0.39 is 0 Å². The Morgan fingerprint density at radius 1 is 0.923 bits per heavy atom. The van der Waals surface area contributed by atoms with E-state index in [1.165, 1.54) is 22.8 Å². The van der Waals surface area contributed by atoms with Gasteiger partial charge in [-0.2, -0.15) is 0 Å². The van der Waals surface area contributed by atoms with Crippen molar-refractivity contribution in [3.63, 3.8) is 0 Å². The fourth-order valence-electron chi connectivity index (χ4n) is 1.90. The zero-order valence-electron chi connectivity index (χ0n) is 7.40. The molecule has 2 aromatic carbocycles. The van der Waals surface area contributed by atoms with E-state index in [1.54, 1.807) is 0 Å². The Morgan fingerprint density at radius 2 is 1.69 bits per heavy atom. The van der Waals surface area contributed by atoms with Crippen LogP contribution in [0.1, 0.15) is 17.9 Å². The number of hydrogen-bond acceptors (Lipinski definition) is 0. The number of rotatable bonds is 1. The normalized spacial score (nSPS) is 16.3. The highest BCUT2D eigenvalue weighted by Gasteiger charge is 2.25. The van der Waals surface area contributed by atoms with E-state index in [2.05, 4.69) is 48.9 Å². The average Bonchev–Trinajstić information content (AvgIpc) is 3.00. The van der Waals surface area contributed by atoms with Gasteiger partial charge in [0.25, 0.3) is 0 Å². The topological polar surface area (TPSA) is 0 Å². The second kappa shape index (κ2) is 2.59. The van der Waals surface area contributed by atoms with Crippen LogP contribution < -0.4 is 0 Å². The molecule has 1 saturated carbocycles. The van der Waals surface area contributed by atoms with Crippen molar-refractivity contribution in [2.24, 2.45) is 0 Å². The molecule has 0 amide bonds. The molecule has 0 bridgehead atoms. The van der Waals surface area contributed by atoms with Crippen LogP contribution in [0.25, 0.3) is 10.8 Å². The summed E-state index contributed by atoms with van der Waals surface area (Å²) in [4.78, 5) is 0. The Morgan fingerprint density at radius 3 is 2.54 bits per heavy atom. The van der Waals surface area contributed by atoms with Gasteiger partial charge in [-0.15, -0.1) is 0 Å². The van der Waals surface area contributed by atoms with Crippen molar-refractivity contribution in [2.45, 2.75) is 12.3 Å². The van der Waals surface area contributed by atoms with E-state index >= 15 is 0 Å². The molecular formula is C13H11. The van der Waals surface area contributed by atoms with Gasteiger partial charge in [0.1, 0.15) is 0 Å². The lowest BCUT2D eigenvalue weighted by Crippen LogP contribution is -1.81. The predicted octanol–water partition coefficient (Wildman–Crippen LogP) is 3.53. The molecule has 0 N–H and O–H groups in total. The summed E-state index contributed by atoms with van der Waals surface area (Å²) in [5, 5.41) is 2.78.